The third-order valence-electron chi connectivity index (χ3n) is 3.39. The molecule has 1 heteroatoms. The molecule has 1 unspecified atom stereocenters. The summed E-state index contributed by atoms with van der Waals surface area (Å²) in [5.74, 6) is 1.71. The van der Waals surface area contributed by atoms with Crippen LogP contribution in [-0.4, -0.2) is 6.04 Å². The van der Waals surface area contributed by atoms with Crippen molar-refractivity contribution in [2.24, 2.45) is 17.6 Å². The minimum atomic E-state index is 0.377. The van der Waals surface area contributed by atoms with Gasteiger partial charge in [0.2, 0.25) is 0 Å². The number of rotatable bonds is 3. The summed E-state index contributed by atoms with van der Waals surface area (Å²) in [7, 11) is 0. The minimum absolute atomic E-state index is 0.377. The predicted molar refractivity (Wildman–Crippen MR) is 51.8 cm³/mol. The number of hydrogen-bond donors (Lipinski definition) is 1. The molecule has 0 radical (unpaired) electrons. The van der Waals surface area contributed by atoms with Crippen molar-refractivity contribution < 1.29 is 0 Å². The first-order chi connectivity index (χ1) is 5.74. The number of nitrogens with two attached hydrogens (primary N) is 1. The number of hydrogen-bond acceptors (Lipinski definition) is 1. The van der Waals surface area contributed by atoms with E-state index in [0.717, 1.165) is 11.8 Å². The quantitative estimate of drug-likeness (QED) is 0.639. The second-order valence-electron chi connectivity index (χ2n) is 4.35. The van der Waals surface area contributed by atoms with Crippen LogP contribution in [0.3, 0.4) is 0 Å². The van der Waals surface area contributed by atoms with E-state index in [4.69, 9.17) is 5.73 Å². The Labute approximate surface area is 75.0 Å². The Balaban J connectivity index is 2.08. The summed E-state index contributed by atoms with van der Waals surface area (Å²) < 4.78 is 0. The Morgan fingerprint density at radius 3 is 2.58 bits per heavy atom. The fourth-order valence-corrected chi connectivity index (χ4v) is 2.45. The van der Waals surface area contributed by atoms with Crippen molar-refractivity contribution >= 4 is 0 Å². The van der Waals surface area contributed by atoms with Crippen LogP contribution in [0.5, 0.6) is 0 Å². The lowest BCUT2D eigenvalue weighted by atomic mass is 9.71. The van der Waals surface area contributed by atoms with E-state index < -0.39 is 0 Å². The van der Waals surface area contributed by atoms with Crippen molar-refractivity contribution in [3.63, 3.8) is 0 Å². The van der Waals surface area contributed by atoms with Gasteiger partial charge in [-0.15, -0.1) is 0 Å². The summed E-state index contributed by atoms with van der Waals surface area (Å²) >= 11 is 0. The van der Waals surface area contributed by atoms with Crippen LogP contribution in [0.2, 0.25) is 0 Å². The molecule has 0 amide bonds. The van der Waals surface area contributed by atoms with Gasteiger partial charge in [0.1, 0.15) is 0 Å². The fourth-order valence-electron chi connectivity index (χ4n) is 2.45. The molecule has 0 aromatic carbocycles. The molecule has 0 aliphatic heterocycles. The lowest BCUT2D eigenvalue weighted by molar-refractivity contribution is 0.422. The first kappa shape index (κ1) is 8.31. The average Bonchev–Trinajstić information content (AvgIpc) is 2.69. The third kappa shape index (κ3) is 1.20. The van der Waals surface area contributed by atoms with Crippen LogP contribution in [0.25, 0.3) is 0 Å². The maximum absolute atomic E-state index is 5.91. The Bertz CT molecular complexity index is 211. The Morgan fingerprint density at radius 1 is 1.50 bits per heavy atom. The molecular weight excluding hydrogens is 146 g/mol. The van der Waals surface area contributed by atoms with E-state index >= 15 is 0 Å². The van der Waals surface area contributed by atoms with Crippen LogP contribution in [0.1, 0.15) is 39.5 Å². The van der Waals surface area contributed by atoms with E-state index in [0.29, 0.717) is 6.04 Å². The van der Waals surface area contributed by atoms with Crippen molar-refractivity contribution in [2.75, 3.05) is 0 Å². The van der Waals surface area contributed by atoms with E-state index in [9.17, 15) is 0 Å². The highest BCUT2D eigenvalue weighted by Gasteiger charge is 2.38. The molecule has 1 nitrogen and oxygen atoms in total. The smallest absolute Gasteiger partial charge is 0.00792 e. The van der Waals surface area contributed by atoms with Crippen molar-refractivity contribution in [2.45, 2.75) is 45.6 Å². The Morgan fingerprint density at radius 2 is 2.17 bits per heavy atom. The van der Waals surface area contributed by atoms with E-state index in [2.05, 4.69) is 13.8 Å². The van der Waals surface area contributed by atoms with E-state index in [1.165, 1.54) is 25.7 Å². The van der Waals surface area contributed by atoms with Gasteiger partial charge in [-0.1, -0.05) is 18.1 Å². The lowest BCUT2D eigenvalue weighted by Gasteiger charge is -2.36. The molecule has 0 saturated heterocycles. The van der Waals surface area contributed by atoms with E-state index in [-0.39, 0.29) is 0 Å². The van der Waals surface area contributed by atoms with Crippen molar-refractivity contribution in [3.8, 4) is 0 Å². The normalized spacial score (nSPS) is 31.8. The zero-order valence-corrected chi connectivity index (χ0v) is 8.14. The van der Waals surface area contributed by atoms with E-state index in [1.54, 1.807) is 11.1 Å². The van der Waals surface area contributed by atoms with Gasteiger partial charge < -0.3 is 5.73 Å². The first-order valence-corrected chi connectivity index (χ1v) is 5.21. The molecule has 68 valence electrons. The van der Waals surface area contributed by atoms with Crippen LogP contribution >= 0.6 is 0 Å². The second kappa shape index (κ2) is 2.88. The fraction of sp³-hybridized carbons (Fsp3) is 0.818. The summed E-state index contributed by atoms with van der Waals surface area (Å²) in [5, 5.41) is 0. The molecule has 2 rings (SSSR count). The molecule has 0 spiro atoms. The maximum Gasteiger partial charge on any atom is 0.00792 e. The zero-order chi connectivity index (χ0) is 8.72. The van der Waals surface area contributed by atoms with Gasteiger partial charge in [-0.05, 0) is 44.4 Å². The summed E-state index contributed by atoms with van der Waals surface area (Å²) in [6.45, 7) is 4.41. The topological polar surface area (TPSA) is 26.0 Å². The second-order valence-corrected chi connectivity index (χ2v) is 4.35. The largest absolute Gasteiger partial charge is 0.327 e. The summed E-state index contributed by atoms with van der Waals surface area (Å²) in [6, 6.07) is 0.377. The monoisotopic (exact) mass is 165 g/mol. The van der Waals surface area contributed by atoms with Gasteiger partial charge in [-0.25, -0.2) is 0 Å². The standard InChI is InChI=1S/C11H19N/c1-3-9-10(7(2)12)6-11(9)8-4-5-8/h7-8,10H,3-6,12H2,1-2H3/t7-,10?/m1/s1. The highest BCUT2D eigenvalue weighted by atomic mass is 14.7. The third-order valence-corrected chi connectivity index (χ3v) is 3.39. The summed E-state index contributed by atoms with van der Waals surface area (Å²) in [6.07, 6.45) is 5.44. The van der Waals surface area contributed by atoms with Crippen molar-refractivity contribution in [1.82, 2.24) is 0 Å². The van der Waals surface area contributed by atoms with Crippen LogP contribution < -0.4 is 5.73 Å². The summed E-state index contributed by atoms with van der Waals surface area (Å²) in [4.78, 5) is 0. The van der Waals surface area contributed by atoms with E-state index in [1.807, 2.05) is 0 Å². The SMILES string of the molecule is CCC1=C(C2CC2)CC1[C@@H](C)N. The van der Waals surface area contributed by atoms with Crippen LogP contribution in [0.15, 0.2) is 11.1 Å². The van der Waals surface area contributed by atoms with Gasteiger partial charge >= 0.3 is 0 Å². The molecule has 0 bridgehead atoms. The number of allylic oxidation sites excluding steroid dienone is 1. The Hall–Kier alpha value is -0.300. The van der Waals surface area contributed by atoms with Crippen LogP contribution in [-0.2, 0) is 0 Å². The van der Waals surface area contributed by atoms with Gasteiger partial charge in [0.05, 0.1) is 0 Å². The van der Waals surface area contributed by atoms with Gasteiger partial charge in [-0.3, -0.25) is 0 Å². The lowest BCUT2D eigenvalue weighted by Crippen LogP contribution is -2.35. The predicted octanol–water partition coefficient (Wildman–Crippen LogP) is 2.47. The van der Waals surface area contributed by atoms with Crippen LogP contribution in [0.4, 0.5) is 0 Å². The first-order valence-electron chi connectivity index (χ1n) is 5.21. The van der Waals surface area contributed by atoms with Gasteiger partial charge in [0.25, 0.3) is 0 Å². The average molecular weight is 165 g/mol. The summed E-state index contributed by atoms with van der Waals surface area (Å²) in [5.41, 5.74) is 9.39. The van der Waals surface area contributed by atoms with Gasteiger partial charge in [0.15, 0.2) is 0 Å². The molecule has 2 aliphatic rings. The molecule has 1 fully saturated rings. The molecule has 2 N–H and O–H groups in total. The molecule has 12 heavy (non-hydrogen) atoms. The van der Waals surface area contributed by atoms with Crippen molar-refractivity contribution in [1.29, 1.82) is 0 Å². The van der Waals surface area contributed by atoms with Gasteiger partial charge in [-0.2, -0.15) is 0 Å². The molecule has 2 atom stereocenters. The zero-order valence-electron chi connectivity index (χ0n) is 8.14. The van der Waals surface area contributed by atoms with Crippen LogP contribution in [0, 0.1) is 11.8 Å². The molecular formula is C11H19N. The maximum atomic E-state index is 5.91. The highest BCUT2D eigenvalue weighted by Crippen LogP contribution is 2.50. The Kier molecular flexibility index (Phi) is 1.99. The highest BCUT2D eigenvalue weighted by molar-refractivity contribution is 5.34. The molecule has 0 heterocycles. The molecule has 0 aromatic heterocycles. The molecule has 2 aliphatic carbocycles. The minimum Gasteiger partial charge on any atom is -0.327 e. The molecule has 0 aromatic rings. The molecule has 1 saturated carbocycles. The van der Waals surface area contributed by atoms with Gasteiger partial charge in [0, 0.05) is 6.04 Å². The van der Waals surface area contributed by atoms with Crippen molar-refractivity contribution in [3.05, 3.63) is 11.1 Å².